The summed E-state index contributed by atoms with van der Waals surface area (Å²) < 4.78 is 35.4. The highest BCUT2D eigenvalue weighted by atomic mass is 32.2. The fourth-order valence-electron chi connectivity index (χ4n) is 5.28. The van der Waals surface area contributed by atoms with Crippen LogP contribution in [0.15, 0.2) is 53.8 Å². The summed E-state index contributed by atoms with van der Waals surface area (Å²) in [7, 11) is -2.02. The Morgan fingerprint density at radius 3 is 2.69 bits per heavy atom. The zero-order valence-electron chi connectivity index (χ0n) is 22.0. The molecule has 5 rings (SSSR count). The highest BCUT2D eigenvalue weighted by Crippen LogP contribution is 2.37. The number of pyridine rings is 1. The third-order valence-electron chi connectivity index (χ3n) is 7.34. The van der Waals surface area contributed by atoms with Crippen LogP contribution in [-0.2, 0) is 10.0 Å². The molecule has 1 atom stereocenters. The van der Waals surface area contributed by atoms with Crippen molar-refractivity contribution in [3.8, 4) is 16.9 Å². The number of aryl methyl sites for hydroxylation is 1. The maximum absolute atomic E-state index is 13.2. The van der Waals surface area contributed by atoms with Gasteiger partial charge in [0.1, 0.15) is 15.5 Å². The number of nitrogens with one attached hydrogen (secondary N) is 1. The number of nitrogens with zero attached hydrogens (tertiary/aromatic N) is 4. The number of thiazole rings is 1. The number of rotatable bonds is 2. The van der Waals surface area contributed by atoms with Gasteiger partial charge in [0.15, 0.2) is 0 Å². The van der Waals surface area contributed by atoms with Crippen LogP contribution in [0.4, 0.5) is 0 Å². The molecule has 4 heterocycles. The van der Waals surface area contributed by atoms with Crippen molar-refractivity contribution in [1.82, 2.24) is 24.5 Å². The van der Waals surface area contributed by atoms with Gasteiger partial charge in [0, 0.05) is 56.1 Å². The minimum absolute atomic E-state index is 0.0167. The number of likely N-dealkylation sites (N-methyl/N-ethyl adjacent to an activating group) is 1. The van der Waals surface area contributed by atoms with Crippen molar-refractivity contribution in [3.63, 3.8) is 0 Å². The van der Waals surface area contributed by atoms with Gasteiger partial charge in [-0.15, -0.1) is 11.3 Å². The van der Waals surface area contributed by atoms with E-state index in [0.717, 1.165) is 16.1 Å². The molecule has 2 aliphatic rings. The summed E-state index contributed by atoms with van der Waals surface area (Å²) in [5, 5.41) is 11.5. The van der Waals surface area contributed by atoms with Gasteiger partial charge >= 0.3 is 0 Å². The Bertz CT molecular complexity index is 1420. The standard InChI is InChI=1S/C27H33N5O5S2/c1-19-29-15-24(38-19)26(34)32-10-7-27(8-11-32)17-31(2)16-22(33)14-30-39(35,36)25-6-5-20(12-23(25)37-18-27)21-4-3-9-28-13-21/h3-6,9,12-13,15,22,30,33H,7-8,10-11,14,16-18H2,1-2H3. The molecule has 12 heteroatoms. The van der Waals surface area contributed by atoms with Crippen LogP contribution in [0.25, 0.3) is 11.1 Å². The Morgan fingerprint density at radius 1 is 1.21 bits per heavy atom. The minimum atomic E-state index is -3.94. The Balaban J connectivity index is 1.44. The number of carbonyl (C=O) groups is 1. The van der Waals surface area contributed by atoms with Crippen LogP contribution in [-0.4, -0.2) is 91.7 Å². The number of aliphatic hydroxyl groups is 1. The number of amides is 1. The molecule has 1 saturated heterocycles. The predicted molar refractivity (Wildman–Crippen MR) is 148 cm³/mol. The summed E-state index contributed by atoms with van der Waals surface area (Å²) in [6, 6.07) is 8.73. The Morgan fingerprint density at radius 2 is 2.00 bits per heavy atom. The van der Waals surface area contributed by atoms with Crippen molar-refractivity contribution in [1.29, 1.82) is 0 Å². The first-order valence-corrected chi connectivity index (χ1v) is 15.2. The van der Waals surface area contributed by atoms with E-state index in [1.54, 1.807) is 30.7 Å². The lowest BCUT2D eigenvalue weighted by Crippen LogP contribution is -2.51. The molecular weight excluding hydrogens is 538 g/mol. The fourth-order valence-corrected chi connectivity index (χ4v) is 7.22. The van der Waals surface area contributed by atoms with Crippen LogP contribution < -0.4 is 9.46 Å². The molecule has 1 fully saturated rings. The lowest BCUT2D eigenvalue weighted by Gasteiger charge is -2.44. The van der Waals surface area contributed by atoms with E-state index in [1.165, 1.54) is 17.4 Å². The van der Waals surface area contributed by atoms with E-state index in [9.17, 15) is 18.3 Å². The second-order valence-electron chi connectivity index (χ2n) is 10.4. The van der Waals surface area contributed by atoms with Crippen LogP contribution in [0.1, 0.15) is 27.5 Å². The Kier molecular flexibility index (Phi) is 8.01. The number of carbonyl (C=O) groups excluding carboxylic acids is 1. The van der Waals surface area contributed by atoms with Gasteiger partial charge in [-0.2, -0.15) is 0 Å². The second-order valence-corrected chi connectivity index (χ2v) is 13.4. The molecular formula is C27H33N5O5S2. The lowest BCUT2D eigenvalue weighted by molar-refractivity contribution is 0.0161. The molecule has 0 aliphatic carbocycles. The smallest absolute Gasteiger partial charge is 0.265 e. The molecule has 0 bridgehead atoms. The topological polar surface area (TPSA) is 125 Å². The molecule has 2 aliphatic heterocycles. The van der Waals surface area contributed by atoms with E-state index >= 15 is 0 Å². The van der Waals surface area contributed by atoms with E-state index in [0.29, 0.717) is 43.9 Å². The highest BCUT2D eigenvalue weighted by Gasteiger charge is 2.39. The number of piperidine rings is 1. The van der Waals surface area contributed by atoms with Gasteiger partial charge in [-0.25, -0.2) is 18.1 Å². The third-order valence-corrected chi connectivity index (χ3v) is 9.71. The number of fused-ring (bicyclic) bond motifs is 1. The predicted octanol–water partition coefficient (Wildman–Crippen LogP) is 2.40. The zero-order valence-corrected chi connectivity index (χ0v) is 23.7. The molecule has 10 nitrogen and oxygen atoms in total. The summed E-state index contributed by atoms with van der Waals surface area (Å²) in [5.41, 5.74) is 1.29. The number of hydrogen-bond acceptors (Lipinski definition) is 9. The van der Waals surface area contributed by atoms with E-state index in [2.05, 4.69) is 14.7 Å². The lowest BCUT2D eigenvalue weighted by atomic mass is 9.78. The van der Waals surface area contributed by atoms with Crippen molar-refractivity contribution >= 4 is 27.3 Å². The SMILES string of the molecule is Cc1ncc(C(=O)N2CCC3(CC2)COc2cc(-c4cccnc4)ccc2S(=O)(=O)NCC(O)CN(C)C3)s1. The quantitative estimate of drug-likeness (QED) is 0.481. The molecule has 0 radical (unpaired) electrons. The van der Waals surface area contributed by atoms with E-state index in [4.69, 9.17) is 4.74 Å². The minimum Gasteiger partial charge on any atom is -0.492 e. The van der Waals surface area contributed by atoms with Crippen LogP contribution in [0, 0.1) is 12.3 Å². The first-order valence-electron chi connectivity index (χ1n) is 12.9. The molecule has 0 saturated carbocycles. The maximum atomic E-state index is 13.2. The first-order chi connectivity index (χ1) is 18.6. The first kappa shape index (κ1) is 27.7. The van der Waals surface area contributed by atoms with Gasteiger partial charge in [-0.1, -0.05) is 12.1 Å². The van der Waals surface area contributed by atoms with Crippen molar-refractivity contribution in [3.05, 3.63) is 58.8 Å². The normalized spacial score (nSPS) is 21.8. The van der Waals surface area contributed by atoms with Gasteiger partial charge in [0.25, 0.3) is 5.91 Å². The molecule has 2 aromatic heterocycles. The number of likely N-dealkylation sites (tertiary alicyclic amines) is 1. The Labute approximate surface area is 232 Å². The molecule has 1 spiro atoms. The number of aliphatic hydroxyl groups excluding tert-OH is 1. The van der Waals surface area contributed by atoms with Gasteiger partial charge in [-0.05, 0) is 50.6 Å². The number of ether oxygens (including phenoxy) is 1. The maximum Gasteiger partial charge on any atom is 0.265 e. The van der Waals surface area contributed by atoms with Crippen molar-refractivity contribution in [2.45, 2.75) is 30.8 Å². The van der Waals surface area contributed by atoms with E-state index in [-0.39, 0.29) is 35.1 Å². The van der Waals surface area contributed by atoms with Crippen LogP contribution >= 0.6 is 11.3 Å². The average Bonchev–Trinajstić information content (AvgIpc) is 3.37. The van der Waals surface area contributed by atoms with Crippen LogP contribution in [0.2, 0.25) is 0 Å². The monoisotopic (exact) mass is 571 g/mol. The molecule has 3 aromatic rings. The summed E-state index contributed by atoms with van der Waals surface area (Å²) in [5.74, 6) is 0.233. The van der Waals surface area contributed by atoms with Crippen molar-refractivity contribution < 1.29 is 23.1 Å². The number of aromatic nitrogens is 2. The number of hydrogen-bond donors (Lipinski definition) is 2. The molecule has 2 N–H and O–H groups in total. The number of β-amino-alcohol motifs (C(OH)–C–C–N with tert-alkyl or cyclic N) is 1. The summed E-state index contributed by atoms with van der Waals surface area (Å²) in [6.07, 6.45) is 5.51. The molecule has 1 amide bonds. The van der Waals surface area contributed by atoms with Crippen LogP contribution in [0.5, 0.6) is 5.75 Å². The van der Waals surface area contributed by atoms with Gasteiger partial charge in [-0.3, -0.25) is 9.78 Å². The fraction of sp³-hybridized carbons (Fsp3) is 0.444. The van der Waals surface area contributed by atoms with E-state index in [1.807, 2.05) is 35.9 Å². The molecule has 1 unspecified atom stereocenters. The number of benzene rings is 1. The summed E-state index contributed by atoms with van der Waals surface area (Å²) in [6.45, 7) is 4.09. The zero-order chi connectivity index (χ0) is 27.6. The Hall–Kier alpha value is -2.90. The highest BCUT2D eigenvalue weighted by molar-refractivity contribution is 7.89. The average molecular weight is 572 g/mol. The van der Waals surface area contributed by atoms with Crippen molar-refractivity contribution in [2.24, 2.45) is 5.41 Å². The summed E-state index contributed by atoms with van der Waals surface area (Å²) in [4.78, 5) is 26.0. The summed E-state index contributed by atoms with van der Waals surface area (Å²) >= 11 is 1.39. The van der Waals surface area contributed by atoms with Crippen LogP contribution in [0.3, 0.4) is 0 Å². The van der Waals surface area contributed by atoms with Crippen molar-refractivity contribution in [2.75, 3.05) is 46.4 Å². The van der Waals surface area contributed by atoms with Gasteiger partial charge < -0.3 is 19.6 Å². The van der Waals surface area contributed by atoms with Gasteiger partial charge in [0.05, 0.1) is 23.9 Å². The number of sulfonamides is 1. The third kappa shape index (κ3) is 6.30. The second kappa shape index (κ2) is 11.3. The van der Waals surface area contributed by atoms with E-state index < -0.39 is 16.1 Å². The van der Waals surface area contributed by atoms with Gasteiger partial charge in [0.2, 0.25) is 10.0 Å². The molecule has 39 heavy (non-hydrogen) atoms. The molecule has 208 valence electrons. The molecule has 1 aromatic carbocycles. The largest absolute Gasteiger partial charge is 0.492 e.